The second-order valence-electron chi connectivity index (χ2n) is 6.39. The fourth-order valence-corrected chi connectivity index (χ4v) is 3.58. The Morgan fingerprint density at radius 1 is 0.967 bits per heavy atom. The fourth-order valence-electron chi connectivity index (χ4n) is 2.83. The lowest BCUT2D eigenvalue weighted by molar-refractivity contribution is -0.129. The molecule has 6 heteroatoms. The van der Waals surface area contributed by atoms with Crippen LogP contribution in [0.25, 0.3) is 6.08 Å². The minimum absolute atomic E-state index is 0.156. The molecule has 1 aliphatic heterocycles. The quantitative estimate of drug-likeness (QED) is 0.224. The largest absolute Gasteiger partial charge is 0.492 e. The lowest BCUT2D eigenvalue weighted by Crippen LogP contribution is -2.05. The predicted molar refractivity (Wildman–Crippen MR) is 116 cm³/mol. The van der Waals surface area contributed by atoms with E-state index < -0.39 is 5.97 Å². The molecule has 0 atom stereocenters. The molecule has 0 saturated heterocycles. The molecule has 0 bridgehead atoms. The Labute approximate surface area is 178 Å². The van der Waals surface area contributed by atoms with Crippen LogP contribution < -0.4 is 4.74 Å². The number of hydrogen-bond acceptors (Lipinski definition) is 5. The number of esters is 1. The molecule has 150 valence electrons. The van der Waals surface area contributed by atoms with Crippen molar-refractivity contribution in [3.8, 4) is 5.75 Å². The second kappa shape index (κ2) is 9.41. The Morgan fingerprint density at radius 2 is 1.70 bits per heavy atom. The first-order valence-corrected chi connectivity index (χ1v) is 10.4. The molecule has 1 heterocycles. The molecule has 0 spiro atoms. The van der Waals surface area contributed by atoms with Gasteiger partial charge in [0, 0.05) is 21.8 Å². The van der Waals surface area contributed by atoms with Gasteiger partial charge in [-0.1, -0.05) is 36.4 Å². The first-order chi connectivity index (χ1) is 14.7. The first kappa shape index (κ1) is 19.9. The number of hydrogen-bond donors (Lipinski definition) is 0. The number of nitrogens with zero attached hydrogens (tertiary/aromatic N) is 1. The van der Waals surface area contributed by atoms with Gasteiger partial charge in [0.05, 0.1) is 6.61 Å². The van der Waals surface area contributed by atoms with Gasteiger partial charge >= 0.3 is 5.97 Å². The Morgan fingerprint density at radius 3 is 2.50 bits per heavy atom. The van der Waals surface area contributed by atoms with Gasteiger partial charge in [0.1, 0.15) is 11.6 Å². The van der Waals surface area contributed by atoms with Gasteiger partial charge in [-0.15, -0.1) is 11.8 Å². The van der Waals surface area contributed by atoms with Gasteiger partial charge in [-0.25, -0.2) is 14.2 Å². The number of ether oxygens (including phenoxy) is 2. The highest BCUT2D eigenvalue weighted by Gasteiger charge is 2.24. The van der Waals surface area contributed by atoms with Crippen LogP contribution >= 0.6 is 11.8 Å². The number of carbonyl (C=O) groups is 1. The number of halogens is 1. The average Bonchev–Trinajstić information content (AvgIpc) is 3.14. The van der Waals surface area contributed by atoms with E-state index >= 15 is 0 Å². The molecule has 3 aromatic carbocycles. The lowest BCUT2D eigenvalue weighted by Gasteiger charge is -2.09. The molecule has 0 aromatic heterocycles. The maximum absolute atomic E-state index is 13.1. The van der Waals surface area contributed by atoms with E-state index in [-0.39, 0.29) is 17.4 Å². The molecule has 0 radical (unpaired) electrons. The van der Waals surface area contributed by atoms with Gasteiger partial charge < -0.3 is 9.47 Å². The highest BCUT2D eigenvalue weighted by atomic mass is 32.2. The minimum atomic E-state index is -0.552. The van der Waals surface area contributed by atoms with Gasteiger partial charge in [-0.2, -0.15) is 0 Å². The van der Waals surface area contributed by atoms with Crippen LogP contribution in [0.5, 0.6) is 5.75 Å². The fraction of sp³-hybridized carbons (Fsp3) is 0.0833. The van der Waals surface area contributed by atoms with Crippen LogP contribution in [-0.4, -0.2) is 24.2 Å². The maximum Gasteiger partial charge on any atom is 0.363 e. The van der Waals surface area contributed by atoms with Crippen LogP contribution in [0.2, 0.25) is 0 Å². The molecule has 0 aliphatic carbocycles. The standard InChI is InChI=1S/C24H18FNO3S/c25-19-12-10-17(11-13-19)23-26-21(24(27)29-23)16-18-6-4-5-9-22(18)28-14-15-30-20-7-2-1-3-8-20/h1-13,16H,14-15H2/b21-16+. The Hall–Kier alpha value is -3.38. The number of benzene rings is 3. The van der Waals surface area contributed by atoms with Crippen molar-refractivity contribution in [2.75, 3.05) is 12.4 Å². The van der Waals surface area contributed by atoms with Crippen molar-refractivity contribution < 1.29 is 18.7 Å². The van der Waals surface area contributed by atoms with Crippen molar-refractivity contribution in [3.63, 3.8) is 0 Å². The molecule has 3 aromatic rings. The van der Waals surface area contributed by atoms with E-state index in [4.69, 9.17) is 9.47 Å². The van der Waals surface area contributed by atoms with E-state index in [1.54, 1.807) is 17.8 Å². The third kappa shape index (κ3) is 4.96. The predicted octanol–water partition coefficient (Wildman–Crippen LogP) is 5.34. The molecule has 0 unspecified atom stereocenters. The lowest BCUT2D eigenvalue weighted by atomic mass is 10.1. The van der Waals surface area contributed by atoms with Crippen LogP contribution in [0.15, 0.2) is 94.4 Å². The maximum atomic E-state index is 13.1. The summed E-state index contributed by atoms with van der Waals surface area (Å²) < 4.78 is 24.3. The molecule has 4 nitrogen and oxygen atoms in total. The zero-order chi connectivity index (χ0) is 20.8. The molecule has 0 N–H and O–H groups in total. The summed E-state index contributed by atoms with van der Waals surface area (Å²) in [5.74, 6) is 0.699. The van der Waals surface area contributed by atoms with E-state index in [1.807, 2.05) is 42.5 Å². The zero-order valence-corrected chi connectivity index (χ0v) is 16.8. The van der Waals surface area contributed by atoms with Crippen molar-refractivity contribution in [2.45, 2.75) is 4.90 Å². The number of cyclic esters (lactones) is 1. The van der Waals surface area contributed by atoms with E-state index in [0.717, 1.165) is 11.3 Å². The molecule has 4 rings (SSSR count). The number of carbonyl (C=O) groups excluding carboxylic acids is 1. The molecular weight excluding hydrogens is 401 g/mol. The van der Waals surface area contributed by atoms with Gasteiger partial charge in [0.2, 0.25) is 5.90 Å². The summed E-state index contributed by atoms with van der Waals surface area (Å²) in [7, 11) is 0. The van der Waals surface area contributed by atoms with Gasteiger partial charge in [-0.05, 0) is 48.5 Å². The summed E-state index contributed by atoms with van der Waals surface area (Å²) in [6.07, 6.45) is 1.64. The van der Waals surface area contributed by atoms with Crippen molar-refractivity contribution in [3.05, 3.63) is 102 Å². The van der Waals surface area contributed by atoms with E-state index in [0.29, 0.717) is 17.9 Å². The van der Waals surface area contributed by atoms with Crippen LogP contribution in [0.4, 0.5) is 4.39 Å². The number of para-hydroxylation sites is 1. The van der Waals surface area contributed by atoms with Crippen molar-refractivity contribution in [2.24, 2.45) is 4.99 Å². The summed E-state index contributed by atoms with van der Waals surface area (Å²) in [4.78, 5) is 17.7. The van der Waals surface area contributed by atoms with E-state index in [1.165, 1.54) is 29.2 Å². The molecule has 1 aliphatic rings. The summed E-state index contributed by atoms with van der Waals surface area (Å²) >= 11 is 1.71. The van der Waals surface area contributed by atoms with Crippen LogP contribution in [-0.2, 0) is 9.53 Å². The molecule has 0 saturated carbocycles. The molecule has 30 heavy (non-hydrogen) atoms. The van der Waals surface area contributed by atoms with Gasteiger partial charge in [-0.3, -0.25) is 0 Å². The minimum Gasteiger partial charge on any atom is -0.492 e. The third-order valence-electron chi connectivity index (χ3n) is 4.28. The topological polar surface area (TPSA) is 47.9 Å². The first-order valence-electron chi connectivity index (χ1n) is 9.37. The summed E-state index contributed by atoms with van der Waals surface area (Å²) in [5, 5.41) is 0. The molecule has 0 amide bonds. The smallest absolute Gasteiger partial charge is 0.363 e. The molecular formula is C24H18FNO3S. The Kier molecular flexibility index (Phi) is 6.25. The normalized spacial score (nSPS) is 14.5. The van der Waals surface area contributed by atoms with Crippen LogP contribution in [0.3, 0.4) is 0 Å². The third-order valence-corrected chi connectivity index (χ3v) is 5.25. The number of rotatable bonds is 7. The SMILES string of the molecule is O=C1OC(c2ccc(F)cc2)=N/C1=C/c1ccccc1OCCSc1ccccc1. The van der Waals surface area contributed by atoms with Crippen LogP contribution in [0.1, 0.15) is 11.1 Å². The number of thioether (sulfide) groups is 1. The van der Waals surface area contributed by atoms with E-state index in [2.05, 4.69) is 17.1 Å². The highest BCUT2D eigenvalue weighted by Crippen LogP contribution is 2.25. The number of aliphatic imine (C=N–C) groups is 1. The van der Waals surface area contributed by atoms with Crippen molar-refractivity contribution in [1.82, 2.24) is 0 Å². The monoisotopic (exact) mass is 419 g/mol. The second-order valence-corrected chi connectivity index (χ2v) is 7.56. The molecule has 0 fully saturated rings. The highest BCUT2D eigenvalue weighted by molar-refractivity contribution is 7.99. The Bertz CT molecular complexity index is 1090. The zero-order valence-electron chi connectivity index (χ0n) is 16.0. The average molecular weight is 419 g/mol. The summed E-state index contributed by atoms with van der Waals surface area (Å²) in [6, 6.07) is 23.2. The van der Waals surface area contributed by atoms with Gasteiger partial charge in [0.25, 0.3) is 0 Å². The van der Waals surface area contributed by atoms with E-state index in [9.17, 15) is 9.18 Å². The Balaban J connectivity index is 1.45. The summed E-state index contributed by atoms with van der Waals surface area (Å²) in [5.41, 5.74) is 1.44. The summed E-state index contributed by atoms with van der Waals surface area (Å²) in [6.45, 7) is 0.522. The van der Waals surface area contributed by atoms with Crippen molar-refractivity contribution in [1.29, 1.82) is 0 Å². The van der Waals surface area contributed by atoms with Crippen molar-refractivity contribution >= 4 is 29.7 Å². The van der Waals surface area contributed by atoms with Gasteiger partial charge in [0.15, 0.2) is 5.70 Å². The van der Waals surface area contributed by atoms with Crippen LogP contribution in [0, 0.1) is 5.82 Å².